The lowest BCUT2D eigenvalue weighted by Crippen LogP contribution is -2.24. The van der Waals surface area contributed by atoms with Crippen molar-refractivity contribution in [1.82, 2.24) is 19.7 Å². The highest BCUT2D eigenvalue weighted by atomic mass is 31.2. The van der Waals surface area contributed by atoms with E-state index in [9.17, 15) is 19.1 Å². The summed E-state index contributed by atoms with van der Waals surface area (Å²) in [6.45, 7) is 8.11. The molecule has 0 radical (unpaired) electrons. The number of carbonyl (C=O) groups is 1. The van der Waals surface area contributed by atoms with E-state index in [4.69, 9.17) is 5.73 Å². The number of hydrogen-bond donors (Lipinski definition) is 4. The normalized spacial score (nSPS) is 9.97. The second kappa shape index (κ2) is 14.8. The van der Waals surface area contributed by atoms with Gasteiger partial charge in [-0.3, -0.25) is 14.3 Å². The van der Waals surface area contributed by atoms with Gasteiger partial charge in [-0.05, 0) is 17.2 Å². The molecule has 0 aliphatic carbocycles. The van der Waals surface area contributed by atoms with E-state index in [-0.39, 0.29) is 37.7 Å². The predicted octanol–water partition coefficient (Wildman–Crippen LogP) is 3.82. The first-order valence-corrected chi connectivity index (χ1v) is 12.3. The molecule has 0 spiro atoms. The fraction of sp³-hybridized carbons (Fsp3) is 0.364. The van der Waals surface area contributed by atoms with Crippen LogP contribution in [0.25, 0.3) is 5.95 Å². The van der Waals surface area contributed by atoms with E-state index in [1.165, 1.54) is 9.58 Å². The van der Waals surface area contributed by atoms with Gasteiger partial charge in [0.2, 0.25) is 6.41 Å². The van der Waals surface area contributed by atoms with Crippen LogP contribution in [0.2, 0.25) is 0 Å². The Morgan fingerprint density at radius 3 is 2.32 bits per heavy atom. The number of nitrogens with two attached hydrogens (primary N) is 1. The number of aromatic nitrogens is 4. The van der Waals surface area contributed by atoms with Gasteiger partial charge in [-0.25, -0.2) is 4.68 Å². The summed E-state index contributed by atoms with van der Waals surface area (Å²) in [5, 5.41) is 6.97. The molecule has 5 N–H and O–H groups in total. The van der Waals surface area contributed by atoms with Gasteiger partial charge in [0.1, 0.15) is 5.69 Å². The first-order chi connectivity index (χ1) is 15.8. The maximum absolute atomic E-state index is 11.9. The number of anilines is 3. The second-order valence-corrected chi connectivity index (χ2v) is 7.83. The first kappa shape index (κ1) is 30.7. The average molecular weight is 494 g/mol. The fourth-order valence-corrected chi connectivity index (χ4v) is 3.49. The summed E-state index contributed by atoms with van der Waals surface area (Å²) in [4.78, 5) is 40.2. The largest absolute Gasteiger partial charge is 0.382 e. The number of nitrogens with one attached hydrogen (secondary N) is 1. The highest BCUT2D eigenvalue weighted by Crippen LogP contribution is 2.39. The molecule has 34 heavy (non-hydrogen) atoms. The second-order valence-electron chi connectivity index (χ2n) is 6.18. The van der Waals surface area contributed by atoms with Crippen molar-refractivity contribution in [2.24, 2.45) is 0 Å². The van der Waals surface area contributed by atoms with Crippen LogP contribution in [-0.4, -0.2) is 43.0 Å². The Morgan fingerprint density at radius 1 is 1.15 bits per heavy atom. The van der Waals surface area contributed by atoms with Crippen molar-refractivity contribution in [2.45, 2.75) is 47.8 Å². The van der Waals surface area contributed by atoms with Crippen LogP contribution < -0.4 is 16.0 Å². The van der Waals surface area contributed by atoms with Gasteiger partial charge in [-0.2, -0.15) is 15.1 Å². The van der Waals surface area contributed by atoms with Crippen LogP contribution in [0.15, 0.2) is 42.7 Å². The SMILES string of the molecule is C.CC.CC.CNc1c(N)nc(-n2cccn2)nc1N(C=O)Cc1cccc(CP(=O)(O)O)c1. The Balaban J connectivity index is 0.00000207. The molecule has 0 fully saturated rings. The van der Waals surface area contributed by atoms with Gasteiger partial charge < -0.3 is 20.8 Å². The molecule has 0 saturated carbocycles. The van der Waals surface area contributed by atoms with Gasteiger partial charge in [0, 0.05) is 19.4 Å². The van der Waals surface area contributed by atoms with Crippen molar-refractivity contribution < 1.29 is 19.1 Å². The minimum atomic E-state index is -4.20. The number of hydrogen-bond acceptors (Lipinski definition) is 7. The van der Waals surface area contributed by atoms with Crippen LogP contribution in [0.1, 0.15) is 46.2 Å². The van der Waals surface area contributed by atoms with Crippen LogP contribution in [-0.2, 0) is 22.1 Å². The Hall–Kier alpha value is -3.27. The molecule has 0 unspecified atom stereocenters. The van der Waals surface area contributed by atoms with Crippen LogP contribution in [0.3, 0.4) is 0 Å². The molecule has 0 bridgehead atoms. The van der Waals surface area contributed by atoms with Gasteiger partial charge in [-0.1, -0.05) is 59.4 Å². The van der Waals surface area contributed by atoms with Crippen LogP contribution >= 0.6 is 7.60 Å². The van der Waals surface area contributed by atoms with Gasteiger partial charge >= 0.3 is 7.60 Å². The average Bonchev–Trinajstić information content (AvgIpc) is 3.34. The van der Waals surface area contributed by atoms with Crippen molar-refractivity contribution >= 4 is 31.3 Å². The smallest absolute Gasteiger partial charge is 0.329 e. The Kier molecular flexibility index (Phi) is 13.4. The molecule has 1 aromatic carbocycles. The molecule has 0 aliphatic rings. The third kappa shape index (κ3) is 8.58. The fourth-order valence-electron chi connectivity index (χ4n) is 2.81. The first-order valence-electron chi connectivity index (χ1n) is 10.5. The molecule has 2 aromatic heterocycles. The summed E-state index contributed by atoms with van der Waals surface area (Å²) < 4.78 is 12.7. The predicted molar refractivity (Wildman–Crippen MR) is 137 cm³/mol. The quantitative estimate of drug-likeness (QED) is 0.270. The van der Waals surface area contributed by atoms with Gasteiger partial charge in [0.05, 0.1) is 12.7 Å². The van der Waals surface area contributed by atoms with Crippen molar-refractivity contribution in [3.63, 3.8) is 0 Å². The number of nitrogen functional groups attached to an aromatic ring is 1. The minimum absolute atomic E-state index is 0. The zero-order valence-electron chi connectivity index (χ0n) is 19.5. The van der Waals surface area contributed by atoms with Crippen LogP contribution in [0.4, 0.5) is 17.3 Å². The molecular weight excluding hydrogens is 457 g/mol. The zero-order chi connectivity index (χ0) is 25.0. The third-order valence-electron chi connectivity index (χ3n) is 4.00. The van der Waals surface area contributed by atoms with E-state index in [1.807, 2.05) is 27.7 Å². The lowest BCUT2D eigenvalue weighted by atomic mass is 10.1. The van der Waals surface area contributed by atoms with Gasteiger partial charge in [0.25, 0.3) is 5.95 Å². The van der Waals surface area contributed by atoms with Crippen molar-refractivity contribution in [3.05, 3.63) is 53.9 Å². The summed E-state index contributed by atoms with van der Waals surface area (Å²) in [5.74, 6) is 0.592. The molecule has 12 heteroatoms. The molecule has 3 aromatic rings. The van der Waals surface area contributed by atoms with Crippen molar-refractivity contribution in [3.8, 4) is 5.95 Å². The number of carbonyl (C=O) groups excluding carboxylic acids is 1. The number of nitrogens with zero attached hydrogens (tertiary/aromatic N) is 5. The zero-order valence-corrected chi connectivity index (χ0v) is 20.4. The number of amides is 1. The molecule has 188 valence electrons. The monoisotopic (exact) mass is 493 g/mol. The van der Waals surface area contributed by atoms with E-state index in [1.54, 1.807) is 49.8 Å². The molecule has 0 saturated heterocycles. The van der Waals surface area contributed by atoms with E-state index < -0.39 is 7.60 Å². The molecular formula is C22H36N7O4P. The highest BCUT2D eigenvalue weighted by Gasteiger charge is 2.20. The highest BCUT2D eigenvalue weighted by molar-refractivity contribution is 7.50. The Morgan fingerprint density at radius 2 is 1.79 bits per heavy atom. The molecule has 1 amide bonds. The molecule has 3 rings (SSSR count). The van der Waals surface area contributed by atoms with E-state index >= 15 is 0 Å². The lowest BCUT2D eigenvalue weighted by molar-refractivity contribution is -0.107. The summed E-state index contributed by atoms with van der Waals surface area (Å²) in [7, 11) is -2.57. The maximum Gasteiger partial charge on any atom is 0.329 e. The topological polar surface area (TPSA) is 159 Å². The summed E-state index contributed by atoms with van der Waals surface area (Å²) in [6.07, 6.45) is 3.43. The van der Waals surface area contributed by atoms with Crippen molar-refractivity contribution in [2.75, 3.05) is 23.0 Å². The summed E-state index contributed by atoms with van der Waals surface area (Å²) in [5.41, 5.74) is 7.55. The maximum atomic E-state index is 11.9. The molecule has 0 aliphatic heterocycles. The van der Waals surface area contributed by atoms with E-state index in [2.05, 4.69) is 20.4 Å². The van der Waals surface area contributed by atoms with Gasteiger partial charge in [0.15, 0.2) is 11.6 Å². The Bertz CT molecular complexity index is 1060. The van der Waals surface area contributed by atoms with Crippen molar-refractivity contribution in [1.29, 1.82) is 0 Å². The van der Waals surface area contributed by atoms with E-state index in [0.717, 1.165) is 0 Å². The molecule has 11 nitrogen and oxygen atoms in total. The van der Waals surface area contributed by atoms with Crippen LogP contribution in [0.5, 0.6) is 0 Å². The Labute approximate surface area is 201 Å². The standard InChI is InChI=1S/C17H20N7O4P.2C2H6.CH4/c1-19-14-15(18)21-17(24-7-3-6-20-24)22-16(14)23(11-25)9-12-4-2-5-13(8-12)10-29(26,27)28;2*1-2;/h2-8,11,19H,9-10H2,1H3,(H2,18,21,22)(H2,26,27,28);2*1-2H3;1H4. The minimum Gasteiger partial charge on any atom is -0.382 e. The number of rotatable bonds is 8. The molecule has 0 atom stereocenters. The summed E-state index contributed by atoms with van der Waals surface area (Å²) >= 11 is 0. The summed E-state index contributed by atoms with van der Waals surface area (Å²) in [6, 6.07) is 8.37. The van der Waals surface area contributed by atoms with Crippen LogP contribution in [0, 0.1) is 0 Å². The molecule has 2 heterocycles. The van der Waals surface area contributed by atoms with Gasteiger partial charge in [-0.15, -0.1) is 0 Å². The van der Waals surface area contributed by atoms with E-state index in [0.29, 0.717) is 23.2 Å². The lowest BCUT2D eigenvalue weighted by Gasteiger charge is -2.21. The number of benzene rings is 1. The third-order valence-corrected chi connectivity index (χ3v) is 4.77.